The molecule has 0 unspecified atom stereocenters. The molecule has 2 aromatic rings. The SMILES string of the molecule is COc1cc(C(=O)N2CCC3(CC2)N=C(c2cccc(F)c2)C(=O)N3)cc(OC)c1OC. The average Bonchev–Trinajstić information content (AvgIpc) is 3.13. The predicted molar refractivity (Wildman–Crippen MR) is 115 cm³/mol. The van der Waals surface area contributed by atoms with E-state index in [9.17, 15) is 14.0 Å². The van der Waals surface area contributed by atoms with Gasteiger partial charge < -0.3 is 24.4 Å². The minimum absolute atomic E-state index is 0.183. The average molecular weight is 441 g/mol. The van der Waals surface area contributed by atoms with E-state index in [1.807, 2.05) is 0 Å². The van der Waals surface area contributed by atoms with Crippen molar-refractivity contribution in [2.45, 2.75) is 18.5 Å². The molecule has 1 spiro atoms. The van der Waals surface area contributed by atoms with Crippen LogP contribution < -0.4 is 19.5 Å². The van der Waals surface area contributed by atoms with Gasteiger partial charge >= 0.3 is 0 Å². The summed E-state index contributed by atoms with van der Waals surface area (Å²) in [5, 5.41) is 2.93. The van der Waals surface area contributed by atoms with E-state index in [0.29, 0.717) is 54.3 Å². The Labute approximate surface area is 185 Å². The van der Waals surface area contributed by atoms with Gasteiger partial charge in [-0.15, -0.1) is 0 Å². The van der Waals surface area contributed by atoms with Crippen LogP contribution >= 0.6 is 0 Å². The molecule has 32 heavy (non-hydrogen) atoms. The van der Waals surface area contributed by atoms with Crippen molar-refractivity contribution < 1.29 is 28.2 Å². The molecular formula is C23H24FN3O5. The summed E-state index contributed by atoms with van der Waals surface area (Å²) in [5.74, 6) is 0.270. The first-order valence-electron chi connectivity index (χ1n) is 10.2. The summed E-state index contributed by atoms with van der Waals surface area (Å²) < 4.78 is 29.6. The Morgan fingerprint density at radius 3 is 2.28 bits per heavy atom. The third-order valence-electron chi connectivity index (χ3n) is 5.77. The summed E-state index contributed by atoms with van der Waals surface area (Å²) in [5.41, 5.74) is 0.282. The predicted octanol–water partition coefficient (Wildman–Crippen LogP) is 2.40. The minimum atomic E-state index is -0.787. The van der Waals surface area contributed by atoms with Crippen LogP contribution in [0.15, 0.2) is 41.4 Å². The number of piperidine rings is 1. The standard InChI is InChI=1S/C23H24FN3O5/c1-30-17-12-15(13-18(31-2)20(17)32-3)22(29)27-9-7-23(8-10-27)25-19(21(28)26-23)14-5-4-6-16(24)11-14/h4-6,11-13H,7-10H2,1-3H3,(H,26,28). The second kappa shape index (κ2) is 8.49. The molecule has 0 saturated carbocycles. The number of hydrogen-bond donors (Lipinski definition) is 1. The number of hydrogen-bond acceptors (Lipinski definition) is 6. The van der Waals surface area contributed by atoms with Gasteiger partial charge in [0.2, 0.25) is 5.75 Å². The van der Waals surface area contributed by atoms with Gasteiger partial charge in [0, 0.05) is 37.1 Å². The van der Waals surface area contributed by atoms with Crippen molar-refractivity contribution in [3.63, 3.8) is 0 Å². The van der Waals surface area contributed by atoms with Gasteiger partial charge in [-0.05, 0) is 24.3 Å². The Bertz CT molecular complexity index is 1070. The van der Waals surface area contributed by atoms with Crippen molar-refractivity contribution in [2.24, 2.45) is 4.99 Å². The van der Waals surface area contributed by atoms with Crippen LogP contribution in [0.5, 0.6) is 17.2 Å². The zero-order chi connectivity index (χ0) is 22.9. The fourth-order valence-corrected chi connectivity index (χ4v) is 4.10. The van der Waals surface area contributed by atoms with Crippen molar-refractivity contribution in [2.75, 3.05) is 34.4 Å². The summed E-state index contributed by atoms with van der Waals surface area (Å²) in [7, 11) is 4.49. The van der Waals surface area contributed by atoms with Crippen LogP contribution in [0.1, 0.15) is 28.8 Å². The van der Waals surface area contributed by atoms with E-state index in [2.05, 4.69) is 10.3 Å². The van der Waals surface area contributed by atoms with E-state index < -0.39 is 11.5 Å². The lowest BCUT2D eigenvalue weighted by atomic mass is 9.97. The topological polar surface area (TPSA) is 89.5 Å². The Morgan fingerprint density at radius 1 is 1.06 bits per heavy atom. The van der Waals surface area contributed by atoms with E-state index in [1.54, 1.807) is 29.2 Å². The lowest BCUT2D eigenvalue weighted by Gasteiger charge is -2.37. The summed E-state index contributed by atoms with van der Waals surface area (Å²) in [4.78, 5) is 32.0. The van der Waals surface area contributed by atoms with Crippen LogP contribution in [-0.2, 0) is 4.79 Å². The molecule has 9 heteroatoms. The Balaban J connectivity index is 1.52. The van der Waals surface area contributed by atoms with Gasteiger partial charge in [0.15, 0.2) is 11.5 Å². The monoisotopic (exact) mass is 441 g/mol. The van der Waals surface area contributed by atoms with E-state index in [4.69, 9.17) is 14.2 Å². The molecular weight excluding hydrogens is 417 g/mol. The molecule has 1 saturated heterocycles. The van der Waals surface area contributed by atoms with Gasteiger partial charge in [-0.3, -0.25) is 14.6 Å². The van der Waals surface area contributed by atoms with E-state index >= 15 is 0 Å². The fourth-order valence-electron chi connectivity index (χ4n) is 4.10. The maximum Gasteiger partial charge on any atom is 0.272 e. The van der Waals surface area contributed by atoms with Crippen molar-refractivity contribution in [1.82, 2.24) is 10.2 Å². The zero-order valence-electron chi connectivity index (χ0n) is 18.1. The maximum atomic E-state index is 13.6. The largest absolute Gasteiger partial charge is 0.493 e. The van der Waals surface area contributed by atoms with Crippen LogP contribution in [-0.4, -0.2) is 62.5 Å². The molecule has 1 fully saturated rings. The maximum absolute atomic E-state index is 13.6. The van der Waals surface area contributed by atoms with Crippen molar-refractivity contribution in [1.29, 1.82) is 0 Å². The number of methoxy groups -OCH3 is 3. The number of aliphatic imine (C=N–C) groups is 1. The number of nitrogens with zero attached hydrogens (tertiary/aromatic N) is 2. The molecule has 0 aromatic heterocycles. The molecule has 2 aliphatic heterocycles. The molecule has 0 atom stereocenters. The van der Waals surface area contributed by atoms with Crippen molar-refractivity contribution >= 4 is 17.5 Å². The van der Waals surface area contributed by atoms with Gasteiger partial charge in [-0.1, -0.05) is 12.1 Å². The molecule has 0 radical (unpaired) electrons. The number of halogens is 1. The number of nitrogens with one attached hydrogen (secondary N) is 1. The first-order valence-corrected chi connectivity index (χ1v) is 10.2. The molecule has 4 rings (SSSR count). The summed E-state index contributed by atoms with van der Waals surface area (Å²) in [6.45, 7) is 0.797. The van der Waals surface area contributed by atoms with E-state index in [-0.39, 0.29) is 17.5 Å². The van der Waals surface area contributed by atoms with Crippen LogP contribution in [0.3, 0.4) is 0 Å². The number of rotatable bonds is 5. The van der Waals surface area contributed by atoms with Crippen LogP contribution in [0.25, 0.3) is 0 Å². The molecule has 2 heterocycles. The molecule has 168 valence electrons. The van der Waals surface area contributed by atoms with Crippen LogP contribution in [0.2, 0.25) is 0 Å². The zero-order valence-corrected chi connectivity index (χ0v) is 18.1. The van der Waals surface area contributed by atoms with Gasteiger partial charge in [-0.2, -0.15) is 0 Å². The Kier molecular flexibility index (Phi) is 5.73. The van der Waals surface area contributed by atoms with Gasteiger partial charge in [0.05, 0.1) is 21.3 Å². The summed E-state index contributed by atoms with van der Waals surface area (Å²) in [6, 6.07) is 9.05. The molecule has 0 aliphatic carbocycles. The number of carbonyl (C=O) groups is 2. The molecule has 1 N–H and O–H groups in total. The number of benzene rings is 2. The van der Waals surface area contributed by atoms with Gasteiger partial charge in [0.1, 0.15) is 17.2 Å². The second-order valence-corrected chi connectivity index (χ2v) is 7.66. The number of amides is 2. The fraction of sp³-hybridized carbons (Fsp3) is 0.348. The minimum Gasteiger partial charge on any atom is -0.493 e. The number of likely N-dealkylation sites (tertiary alicyclic amines) is 1. The molecule has 2 aliphatic rings. The summed E-state index contributed by atoms with van der Waals surface area (Å²) in [6.07, 6.45) is 0.904. The molecule has 2 aromatic carbocycles. The highest BCUT2D eigenvalue weighted by Gasteiger charge is 2.43. The van der Waals surface area contributed by atoms with Crippen molar-refractivity contribution in [3.8, 4) is 17.2 Å². The Morgan fingerprint density at radius 2 is 1.72 bits per heavy atom. The highest BCUT2D eigenvalue weighted by molar-refractivity contribution is 6.46. The van der Waals surface area contributed by atoms with Gasteiger partial charge in [-0.25, -0.2) is 4.39 Å². The third-order valence-corrected chi connectivity index (χ3v) is 5.77. The van der Waals surface area contributed by atoms with E-state index in [1.165, 1.54) is 33.5 Å². The third kappa shape index (κ3) is 3.86. The smallest absolute Gasteiger partial charge is 0.272 e. The quantitative estimate of drug-likeness (QED) is 0.770. The number of ether oxygens (including phenoxy) is 3. The highest BCUT2D eigenvalue weighted by Crippen LogP contribution is 2.39. The highest BCUT2D eigenvalue weighted by atomic mass is 19.1. The Hall–Kier alpha value is -3.62. The van der Waals surface area contributed by atoms with Crippen LogP contribution in [0, 0.1) is 5.82 Å². The molecule has 8 nitrogen and oxygen atoms in total. The van der Waals surface area contributed by atoms with Gasteiger partial charge in [0.25, 0.3) is 11.8 Å². The number of carbonyl (C=O) groups excluding carboxylic acids is 2. The lowest BCUT2D eigenvalue weighted by Crippen LogP contribution is -2.52. The first-order chi connectivity index (χ1) is 15.4. The van der Waals surface area contributed by atoms with E-state index in [0.717, 1.165) is 0 Å². The second-order valence-electron chi connectivity index (χ2n) is 7.66. The molecule has 0 bridgehead atoms. The van der Waals surface area contributed by atoms with Crippen molar-refractivity contribution in [3.05, 3.63) is 53.3 Å². The molecule has 2 amide bonds. The van der Waals surface area contributed by atoms with Crippen LogP contribution in [0.4, 0.5) is 4.39 Å². The lowest BCUT2D eigenvalue weighted by molar-refractivity contribution is -0.115. The summed E-state index contributed by atoms with van der Waals surface area (Å²) >= 11 is 0. The normalized spacial score (nSPS) is 17.1. The first kappa shape index (κ1) is 21.6.